The third-order valence-electron chi connectivity index (χ3n) is 10.4. The van der Waals surface area contributed by atoms with Crippen molar-refractivity contribution < 1.29 is 0 Å². The minimum absolute atomic E-state index is 0.143. The van der Waals surface area contributed by atoms with Crippen LogP contribution in [0.3, 0.4) is 0 Å². The molecule has 10 rings (SSSR count). The predicted octanol–water partition coefficient (Wildman–Crippen LogP) is 13.2. The van der Waals surface area contributed by atoms with E-state index in [4.69, 9.17) is 0 Å². The summed E-state index contributed by atoms with van der Waals surface area (Å²) in [6.07, 6.45) is 0. The summed E-state index contributed by atoms with van der Waals surface area (Å²) >= 11 is 1.94. The summed E-state index contributed by atoms with van der Waals surface area (Å²) in [6.45, 7) is 4.86. The van der Waals surface area contributed by atoms with Crippen molar-refractivity contribution in [2.24, 2.45) is 0 Å². The average molecular weight is 603 g/mol. The third kappa shape index (κ3) is 3.44. The largest absolute Gasteiger partial charge is 0.135 e. The van der Waals surface area contributed by atoms with Crippen LogP contribution in [0, 0.1) is 0 Å². The summed E-state index contributed by atoms with van der Waals surface area (Å²) in [4.78, 5) is 0. The van der Waals surface area contributed by atoms with Crippen LogP contribution in [0.5, 0.6) is 0 Å². The third-order valence-corrected chi connectivity index (χ3v) is 11.6. The van der Waals surface area contributed by atoms with Gasteiger partial charge in [-0.15, -0.1) is 11.3 Å². The summed E-state index contributed by atoms with van der Waals surface area (Å²) in [6, 6.07) is 54.2. The van der Waals surface area contributed by atoms with Crippen molar-refractivity contribution in [1.29, 1.82) is 0 Å². The van der Waals surface area contributed by atoms with Gasteiger partial charge in [0.25, 0.3) is 0 Å². The van der Waals surface area contributed by atoms with Crippen LogP contribution < -0.4 is 0 Å². The highest BCUT2D eigenvalue weighted by molar-refractivity contribution is 7.26. The second-order valence-electron chi connectivity index (χ2n) is 13.2. The highest BCUT2D eigenvalue weighted by Crippen LogP contribution is 2.55. The van der Waals surface area contributed by atoms with Crippen LogP contribution in [0.15, 0.2) is 146 Å². The molecule has 9 aromatic rings. The SMILES string of the molecule is CC1(C)c2cc(-c3c4ccccc4c(-c4ccccc4)c4ccccc34)ccc2-c2ccc3sc4c5ccccc5ccc4c3c21. The van der Waals surface area contributed by atoms with Crippen LogP contribution in [0.4, 0.5) is 0 Å². The molecular weight excluding hydrogens is 573 g/mol. The molecule has 0 N–H and O–H groups in total. The molecule has 8 aromatic carbocycles. The molecule has 0 radical (unpaired) electrons. The van der Waals surface area contributed by atoms with Gasteiger partial charge in [0, 0.05) is 25.6 Å². The van der Waals surface area contributed by atoms with E-state index in [9.17, 15) is 0 Å². The summed E-state index contributed by atoms with van der Waals surface area (Å²) in [5.74, 6) is 0. The molecule has 0 fully saturated rings. The lowest BCUT2D eigenvalue weighted by molar-refractivity contribution is 0.667. The zero-order chi connectivity index (χ0) is 30.6. The molecule has 1 heteroatoms. The van der Waals surface area contributed by atoms with Crippen molar-refractivity contribution >= 4 is 63.8 Å². The molecule has 0 unspecified atom stereocenters. The first kappa shape index (κ1) is 26.0. The van der Waals surface area contributed by atoms with Gasteiger partial charge in [0.1, 0.15) is 0 Å². The van der Waals surface area contributed by atoms with Crippen LogP contribution in [-0.2, 0) is 5.41 Å². The summed E-state index contributed by atoms with van der Waals surface area (Å²) in [7, 11) is 0. The van der Waals surface area contributed by atoms with E-state index < -0.39 is 0 Å². The van der Waals surface area contributed by atoms with Gasteiger partial charge in [-0.2, -0.15) is 0 Å². The van der Waals surface area contributed by atoms with E-state index in [0.29, 0.717) is 0 Å². The number of rotatable bonds is 2. The van der Waals surface area contributed by atoms with Crippen molar-refractivity contribution in [3.8, 4) is 33.4 Å². The molecule has 46 heavy (non-hydrogen) atoms. The van der Waals surface area contributed by atoms with Gasteiger partial charge in [-0.25, -0.2) is 0 Å². The van der Waals surface area contributed by atoms with E-state index in [1.54, 1.807) is 0 Å². The van der Waals surface area contributed by atoms with Gasteiger partial charge in [0.15, 0.2) is 0 Å². The molecule has 0 bridgehead atoms. The number of thiophene rings is 1. The fourth-order valence-corrected chi connectivity index (χ4v) is 9.66. The van der Waals surface area contributed by atoms with Gasteiger partial charge >= 0.3 is 0 Å². The van der Waals surface area contributed by atoms with Gasteiger partial charge in [0.2, 0.25) is 0 Å². The number of hydrogen-bond donors (Lipinski definition) is 0. The zero-order valence-corrected chi connectivity index (χ0v) is 26.6. The van der Waals surface area contributed by atoms with Crippen LogP contribution in [0.2, 0.25) is 0 Å². The molecule has 0 saturated heterocycles. The number of fused-ring (bicyclic) bond motifs is 11. The standard InChI is InChI=1S/C45H30S/c1-45(2)38-26-29(41-34-18-10-8-16-32(34)40(28-13-4-3-5-14-28)33-17-9-11-19-35(33)41)21-22-31(38)36-24-25-39-42(43(36)45)37-23-20-27-12-6-7-15-30(27)44(37)46-39/h3-26H,1-2H3. The molecule has 1 aliphatic rings. The van der Waals surface area contributed by atoms with Crippen LogP contribution >= 0.6 is 11.3 Å². The average Bonchev–Trinajstić information content (AvgIpc) is 3.59. The molecule has 0 spiro atoms. The monoisotopic (exact) mass is 602 g/mol. The van der Waals surface area contributed by atoms with Crippen LogP contribution in [0.1, 0.15) is 25.0 Å². The lowest BCUT2D eigenvalue weighted by Gasteiger charge is -2.24. The molecule has 0 saturated carbocycles. The Morgan fingerprint density at radius 1 is 0.457 bits per heavy atom. The van der Waals surface area contributed by atoms with Crippen molar-refractivity contribution in [2.45, 2.75) is 19.3 Å². The van der Waals surface area contributed by atoms with Crippen molar-refractivity contribution in [1.82, 2.24) is 0 Å². The molecule has 0 atom stereocenters. The van der Waals surface area contributed by atoms with Gasteiger partial charge in [-0.05, 0) is 89.0 Å². The summed E-state index contributed by atoms with van der Waals surface area (Å²) in [5.41, 5.74) is 10.6. The maximum absolute atomic E-state index is 2.50. The predicted molar refractivity (Wildman–Crippen MR) is 200 cm³/mol. The first-order chi connectivity index (χ1) is 22.6. The number of benzene rings is 8. The molecule has 1 aromatic heterocycles. The Morgan fingerprint density at radius 3 is 1.74 bits per heavy atom. The Morgan fingerprint density at radius 2 is 1.04 bits per heavy atom. The molecule has 1 aliphatic carbocycles. The van der Waals surface area contributed by atoms with Gasteiger partial charge in [-0.3, -0.25) is 0 Å². The fraction of sp³-hybridized carbons (Fsp3) is 0.0667. The maximum atomic E-state index is 2.50. The second-order valence-corrected chi connectivity index (χ2v) is 14.3. The van der Waals surface area contributed by atoms with E-state index in [1.165, 1.54) is 97.0 Å². The molecular formula is C45H30S. The molecule has 0 aliphatic heterocycles. The lowest BCUT2D eigenvalue weighted by atomic mass is 9.79. The van der Waals surface area contributed by atoms with E-state index >= 15 is 0 Å². The van der Waals surface area contributed by atoms with Crippen molar-refractivity contribution in [2.75, 3.05) is 0 Å². The minimum Gasteiger partial charge on any atom is -0.135 e. The Labute approximate surface area is 272 Å². The maximum Gasteiger partial charge on any atom is 0.0433 e. The zero-order valence-electron chi connectivity index (χ0n) is 25.8. The van der Waals surface area contributed by atoms with Crippen molar-refractivity contribution in [3.63, 3.8) is 0 Å². The van der Waals surface area contributed by atoms with E-state index in [0.717, 1.165) is 0 Å². The second kappa shape index (κ2) is 9.39. The fourth-order valence-electron chi connectivity index (χ4n) is 8.41. The molecule has 1 heterocycles. The highest BCUT2D eigenvalue weighted by atomic mass is 32.1. The van der Waals surface area contributed by atoms with Gasteiger partial charge in [-0.1, -0.05) is 147 Å². The molecule has 216 valence electrons. The Kier molecular flexibility index (Phi) is 5.31. The quantitative estimate of drug-likeness (QED) is 0.173. The minimum atomic E-state index is -0.143. The first-order valence-electron chi connectivity index (χ1n) is 16.1. The summed E-state index contributed by atoms with van der Waals surface area (Å²) in [5, 5.41) is 10.6. The number of hydrogen-bond acceptors (Lipinski definition) is 1. The highest BCUT2D eigenvalue weighted by Gasteiger charge is 2.38. The van der Waals surface area contributed by atoms with Crippen LogP contribution in [0.25, 0.3) is 85.9 Å². The first-order valence-corrected chi connectivity index (χ1v) is 16.9. The van der Waals surface area contributed by atoms with Crippen LogP contribution in [-0.4, -0.2) is 0 Å². The Balaban J connectivity index is 1.24. The Bertz CT molecular complexity index is 2650. The summed E-state index contributed by atoms with van der Waals surface area (Å²) < 4.78 is 2.77. The van der Waals surface area contributed by atoms with E-state index in [-0.39, 0.29) is 5.41 Å². The van der Waals surface area contributed by atoms with E-state index in [1.807, 2.05) is 11.3 Å². The molecule has 0 nitrogen and oxygen atoms in total. The lowest BCUT2D eigenvalue weighted by Crippen LogP contribution is -2.15. The Hall–Kier alpha value is -5.24. The van der Waals surface area contributed by atoms with Crippen molar-refractivity contribution in [3.05, 3.63) is 157 Å². The topological polar surface area (TPSA) is 0 Å². The molecule has 0 amide bonds. The van der Waals surface area contributed by atoms with Gasteiger partial charge in [0.05, 0.1) is 0 Å². The van der Waals surface area contributed by atoms with Gasteiger partial charge < -0.3 is 0 Å². The van der Waals surface area contributed by atoms with E-state index in [2.05, 4.69) is 159 Å². The normalized spacial score (nSPS) is 13.6. The smallest absolute Gasteiger partial charge is 0.0433 e.